The molecule has 0 bridgehead atoms. The fourth-order valence-corrected chi connectivity index (χ4v) is 4.39. The molecular formula is C22H23N7S. The van der Waals surface area contributed by atoms with Gasteiger partial charge in [0.1, 0.15) is 0 Å². The number of hydrogen-bond donors (Lipinski definition) is 0. The Kier molecular flexibility index (Phi) is 5.08. The van der Waals surface area contributed by atoms with E-state index >= 15 is 0 Å². The van der Waals surface area contributed by atoms with Crippen LogP contribution in [0, 0.1) is 6.92 Å². The van der Waals surface area contributed by atoms with Crippen molar-refractivity contribution < 1.29 is 0 Å². The van der Waals surface area contributed by atoms with Crippen molar-refractivity contribution >= 4 is 23.5 Å². The smallest absolute Gasteiger partial charge is 0.253 e. The van der Waals surface area contributed by atoms with Crippen LogP contribution in [0.15, 0.2) is 53.9 Å². The Morgan fingerprint density at radius 2 is 1.80 bits per heavy atom. The molecule has 5 rings (SSSR count). The predicted molar refractivity (Wildman–Crippen MR) is 119 cm³/mol. The number of fused-ring (bicyclic) bond motifs is 1. The Balaban J connectivity index is 1.39. The van der Waals surface area contributed by atoms with Gasteiger partial charge in [0.25, 0.3) is 5.78 Å². The van der Waals surface area contributed by atoms with Gasteiger partial charge in [0, 0.05) is 31.0 Å². The van der Waals surface area contributed by atoms with Gasteiger partial charge < -0.3 is 4.90 Å². The Morgan fingerprint density at radius 1 is 1.00 bits per heavy atom. The topological polar surface area (TPSA) is 72.1 Å². The molecule has 8 heteroatoms. The van der Waals surface area contributed by atoms with Gasteiger partial charge >= 0.3 is 0 Å². The first-order chi connectivity index (χ1) is 14.7. The molecule has 1 aliphatic heterocycles. The highest BCUT2D eigenvalue weighted by molar-refractivity contribution is 7.98. The lowest BCUT2D eigenvalue weighted by Gasteiger charge is -2.32. The van der Waals surface area contributed by atoms with Gasteiger partial charge in [-0.25, -0.2) is 15.0 Å². The number of anilines is 1. The molecule has 1 saturated heterocycles. The monoisotopic (exact) mass is 417 g/mol. The fraction of sp³-hybridized carbons (Fsp3) is 0.318. The summed E-state index contributed by atoms with van der Waals surface area (Å²) in [4.78, 5) is 20.6. The van der Waals surface area contributed by atoms with Gasteiger partial charge in [-0.1, -0.05) is 42.1 Å². The third kappa shape index (κ3) is 3.52. The summed E-state index contributed by atoms with van der Waals surface area (Å²) < 4.78 is 1.79. The summed E-state index contributed by atoms with van der Waals surface area (Å²) in [7, 11) is 0. The van der Waals surface area contributed by atoms with Crippen molar-refractivity contribution in [3.63, 3.8) is 0 Å². The summed E-state index contributed by atoms with van der Waals surface area (Å²) >= 11 is 1.51. The molecule has 1 aromatic carbocycles. The van der Waals surface area contributed by atoms with Crippen LogP contribution < -0.4 is 4.90 Å². The summed E-state index contributed by atoms with van der Waals surface area (Å²) in [5, 5.41) is 5.23. The van der Waals surface area contributed by atoms with Gasteiger partial charge in [-0.2, -0.15) is 9.50 Å². The molecular weight excluding hydrogens is 394 g/mol. The summed E-state index contributed by atoms with van der Waals surface area (Å²) in [6.07, 6.45) is 7.85. The van der Waals surface area contributed by atoms with E-state index in [4.69, 9.17) is 4.98 Å². The molecule has 0 N–H and O–H groups in total. The third-order valence-corrected chi connectivity index (χ3v) is 6.28. The van der Waals surface area contributed by atoms with Crippen molar-refractivity contribution in [1.29, 1.82) is 0 Å². The van der Waals surface area contributed by atoms with E-state index in [-0.39, 0.29) is 0 Å². The highest BCUT2D eigenvalue weighted by atomic mass is 32.2. The number of benzene rings is 1. The number of aromatic nitrogens is 6. The molecule has 1 aliphatic rings. The SMILES string of the molecule is CSc1nc2ncc(-c3ccnc(N4CCC(c5ccccc5)CC4)n3)c(C)n2n1. The minimum absolute atomic E-state index is 0.609. The zero-order valence-corrected chi connectivity index (χ0v) is 17.9. The molecule has 1 fully saturated rings. The lowest BCUT2D eigenvalue weighted by atomic mass is 9.90. The number of piperidine rings is 1. The standard InChI is InChI=1S/C22H23N7S/c1-15-18(14-24-21-26-22(30-2)27-29(15)21)19-8-11-23-20(25-19)28-12-9-17(10-13-28)16-6-4-3-5-7-16/h3-8,11,14,17H,9-10,12-13H2,1-2H3. The molecule has 4 heterocycles. The van der Waals surface area contributed by atoms with E-state index in [1.165, 1.54) is 17.3 Å². The van der Waals surface area contributed by atoms with Crippen molar-refractivity contribution in [3.8, 4) is 11.3 Å². The maximum atomic E-state index is 4.87. The maximum absolute atomic E-state index is 4.87. The first-order valence-electron chi connectivity index (χ1n) is 10.1. The van der Waals surface area contributed by atoms with Gasteiger partial charge in [0.15, 0.2) is 0 Å². The van der Waals surface area contributed by atoms with Crippen molar-refractivity contribution in [2.45, 2.75) is 30.8 Å². The molecule has 0 radical (unpaired) electrons. The van der Waals surface area contributed by atoms with E-state index in [9.17, 15) is 0 Å². The Labute approximate surface area is 179 Å². The molecule has 0 unspecified atom stereocenters. The second kappa shape index (κ2) is 8.02. The molecule has 3 aromatic heterocycles. The fourth-order valence-electron chi connectivity index (χ4n) is 4.05. The number of nitrogens with zero attached hydrogens (tertiary/aromatic N) is 7. The summed E-state index contributed by atoms with van der Waals surface area (Å²) in [5.74, 6) is 2.00. The largest absolute Gasteiger partial charge is 0.341 e. The predicted octanol–water partition coefficient (Wildman–Crippen LogP) is 4.00. The molecule has 0 aliphatic carbocycles. The van der Waals surface area contributed by atoms with Crippen LogP contribution >= 0.6 is 11.8 Å². The normalized spacial score (nSPS) is 15.1. The maximum Gasteiger partial charge on any atom is 0.253 e. The third-order valence-electron chi connectivity index (χ3n) is 5.74. The summed E-state index contributed by atoms with van der Waals surface area (Å²) in [6.45, 7) is 3.94. The van der Waals surface area contributed by atoms with E-state index in [2.05, 4.69) is 55.3 Å². The van der Waals surface area contributed by atoms with E-state index in [1.54, 1.807) is 4.52 Å². The van der Waals surface area contributed by atoms with E-state index < -0.39 is 0 Å². The molecule has 0 spiro atoms. The average molecular weight is 418 g/mol. The molecule has 152 valence electrons. The number of rotatable bonds is 4. The molecule has 0 saturated carbocycles. The first-order valence-corrected chi connectivity index (χ1v) is 11.3. The van der Waals surface area contributed by atoms with Gasteiger partial charge in [-0.15, -0.1) is 5.10 Å². The highest BCUT2D eigenvalue weighted by Crippen LogP contribution is 2.30. The van der Waals surface area contributed by atoms with Crippen LogP contribution in [-0.4, -0.2) is 48.9 Å². The van der Waals surface area contributed by atoms with Crippen molar-refractivity contribution in [2.24, 2.45) is 0 Å². The average Bonchev–Trinajstić information content (AvgIpc) is 3.25. The summed E-state index contributed by atoms with van der Waals surface area (Å²) in [6, 6.07) is 12.7. The minimum atomic E-state index is 0.609. The second-order valence-corrected chi connectivity index (χ2v) is 8.25. The lowest BCUT2D eigenvalue weighted by molar-refractivity contribution is 0.499. The minimum Gasteiger partial charge on any atom is -0.341 e. The number of aryl methyl sites for hydroxylation is 1. The summed E-state index contributed by atoms with van der Waals surface area (Å²) in [5.41, 5.74) is 4.21. The zero-order valence-electron chi connectivity index (χ0n) is 17.1. The Bertz CT molecular complexity index is 1170. The van der Waals surface area contributed by atoms with Crippen LogP contribution in [0.25, 0.3) is 17.0 Å². The number of thioether (sulfide) groups is 1. The lowest BCUT2D eigenvalue weighted by Crippen LogP contribution is -2.34. The molecule has 30 heavy (non-hydrogen) atoms. The molecule has 0 amide bonds. The van der Waals surface area contributed by atoms with Crippen LogP contribution in [0.5, 0.6) is 0 Å². The van der Waals surface area contributed by atoms with Gasteiger partial charge in [-0.05, 0) is 43.6 Å². The molecule has 0 atom stereocenters. The van der Waals surface area contributed by atoms with Crippen molar-refractivity contribution in [2.75, 3.05) is 24.2 Å². The quantitative estimate of drug-likeness (QED) is 0.465. The highest BCUT2D eigenvalue weighted by Gasteiger charge is 2.22. The van der Waals surface area contributed by atoms with Crippen LogP contribution in [0.4, 0.5) is 5.95 Å². The van der Waals surface area contributed by atoms with Crippen LogP contribution in [-0.2, 0) is 0 Å². The van der Waals surface area contributed by atoms with Gasteiger partial charge in [0.2, 0.25) is 11.1 Å². The van der Waals surface area contributed by atoms with E-state index in [0.717, 1.165) is 48.8 Å². The van der Waals surface area contributed by atoms with Gasteiger partial charge in [0.05, 0.1) is 11.4 Å². The van der Waals surface area contributed by atoms with Crippen LogP contribution in [0.2, 0.25) is 0 Å². The zero-order chi connectivity index (χ0) is 20.5. The Hall–Kier alpha value is -3.00. The van der Waals surface area contributed by atoms with Crippen molar-refractivity contribution in [1.82, 2.24) is 29.5 Å². The second-order valence-electron chi connectivity index (χ2n) is 7.48. The van der Waals surface area contributed by atoms with Gasteiger partial charge in [-0.3, -0.25) is 0 Å². The first kappa shape index (κ1) is 19.0. The van der Waals surface area contributed by atoms with E-state index in [1.807, 2.05) is 31.6 Å². The Morgan fingerprint density at radius 3 is 2.57 bits per heavy atom. The van der Waals surface area contributed by atoms with E-state index in [0.29, 0.717) is 16.9 Å². The molecule has 4 aromatic rings. The van der Waals surface area contributed by atoms with Crippen LogP contribution in [0.1, 0.15) is 30.0 Å². The van der Waals surface area contributed by atoms with Crippen molar-refractivity contribution in [3.05, 3.63) is 60.0 Å². The van der Waals surface area contributed by atoms with Crippen LogP contribution in [0.3, 0.4) is 0 Å². The number of hydrogen-bond acceptors (Lipinski definition) is 7. The molecule has 7 nitrogen and oxygen atoms in total.